The third-order valence-electron chi connectivity index (χ3n) is 2.47. The summed E-state index contributed by atoms with van der Waals surface area (Å²) in [7, 11) is 1.31. The number of aromatic nitrogens is 1. The maximum Gasteiger partial charge on any atom is 0.338 e. The molecular formula is C11H10FNO2. The second-order valence-corrected chi connectivity index (χ2v) is 3.29. The normalized spacial score (nSPS) is 10.6. The number of carbonyl (C=O) groups excluding carboxylic acids is 1. The number of aryl methyl sites for hydroxylation is 1. The van der Waals surface area contributed by atoms with Crippen LogP contribution in [0.25, 0.3) is 10.9 Å². The van der Waals surface area contributed by atoms with E-state index < -0.39 is 5.97 Å². The molecule has 0 aliphatic rings. The van der Waals surface area contributed by atoms with Crippen LogP contribution in [0.15, 0.2) is 24.4 Å². The molecule has 0 spiro atoms. The molecule has 0 atom stereocenters. The molecule has 2 aromatic rings. The summed E-state index contributed by atoms with van der Waals surface area (Å²) < 4.78 is 17.9. The summed E-state index contributed by atoms with van der Waals surface area (Å²) in [6.45, 7) is 1.70. The minimum absolute atomic E-state index is 0.391. The molecule has 0 saturated heterocycles. The first-order valence-electron chi connectivity index (χ1n) is 4.50. The van der Waals surface area contributed by atoms with Crippen molar-refractivity contribution in [1.29, 1.82) is 0 Å². The molecule has 15 heavy (non-hydrogen) atoms. The fourth-order valence-electron chi connectivity index (χ4n) is 1.69. The highest BCUT2D eigenvalue weighted by atomic mass is 19.2. The van der Waals surface area contributed by atoms with Crippen LogP contribution in [0, 0.1) is 6.92 Å². The number of hydrogen-bond donors (Lipinski definition) is 0. The Hall–Kier alpha value is -1.84. The van der Waals surface area contributed by atoms with Gasteiger partial charge < -0.3 is 4.74 Å². The zero-order valence-corrected chi connectivity index (χ0v) is 8.45. The molecule has 0 saturated carbocycles. The SMILES string of the molecule is COC(=O)c1ccc2ccn(F)c2c1C. The predicted octanol–water partition coefficient (Wildman–Crippen LogP) is 2.47. The van der Waals surface area contributed by atoms with E-state index in [2.05, 4.69) is 4.74 Å². The molecule has 4 heteroatoms. The standard InChI is InChI=1S/C11H10FNO2/c1-7-9(11(14)15-2)4-3-8-5-6-13(12)10(7)8/h3-6H,1-2H3. The van der Waals surface area contributed by atoms with E-state index >= 15 is 0 Å². The molecule has 1 aromatic heterocycles. The van der Waals surface area contributed by atoms with Crippen molar-refractivity contribution in [2.24, 2.45) is 0 Å². The zero-order chi connectivity index (χ0) is 11.0. The van der Waals surface area contributed by atoms with Crippen molar-refractivity contribution in [2.45, 2.75) is 6.92 Å². The molecule has 0 radical (unpaired) electrons. The van der Waals surface area contributed by atoms with Crippen LogP contribution in [0.1, 0.15) is 15.9 Å². The highest BCUT2D eigenvalue weighted by Crippen LogP contribution is 2.23. The second-order valence-electron chi connectivity index (χ2n) is 3.29. The predicted molar refractivity (Wildman–Crippen MR) is 54.5 cm³/mol. The molecular weight excluding hydrogens is 197 g/mol. The molecule has 0 unspecified atom stereocenters. The van der Waals surface area contributed by atoms with Crippen LogP contribution in [0.4, 0.5) is 4.48 Å². The van der Waals surface area contributed by atoms with Crippen molar-refractivity contribution >= 4 is 16.9 Å². The van der Waals surface area contributed by atoms with Gasteiger partial charge >= 0.3 is 5.97 Å². The van der Waals surface area contributed by atoms with Crippen molar-refractivity contribution in [3.8, 4) is 0 Å². The first-order valence-corrected chi connectivity index (χ1v) is 4.50. The maximum atomic E-state index is 13.3. The van der Waals surface area contributed by atoms with Gasteiger partial charge in [-0.1, -0.05) is 10.5 Å². The van der Waals surface area contributed by atoms with Gasteiger partial charge in [0.2, 0.25) is 0 Å². The van der Waals surface area contributed by atoms with Crippen molar-refractivity contribution in [3.63, 3.8) is 0 Å². The fourth-order valence-corrected chi connectivity index (χ4v) is 1.69. The number of carbonyl (C=O) groups is 1. The van der Waals surface area contributed by atoms with E-state index in [1.807, 2.05) is 0 Å². The van der Waals surface area contributed by atoms with E-state index in [1.165, 1.54) is 13.3 Å². The molecule has 3 nitrogen and oxygen atoms in total. The van der Waals surface area contributed by atoms with E-state index in [9.17, 15) is 9.28 Å². The van der Waals surface area contributed by atoms with Crippen molar-refractivity contribution in [2.75, 3.05) is 7.11 Å². The molecule has 0 aliphatic carbocycles. The summed E-state index contributed by atoms with van der Waals surface area (Å²) in [6.07, 6.45) is 1.32. The van der Waals surface area contributed by atoms with Gasteiger partial charge in [-0.25, -0.2) is 4.79 Å². The number of ether oxygens (including phenoxy) is 1. The Kier molecular flexibility index (Phi) is 2.19. The fraction of sp³-hybridized carbons (Fsp3) is 0.182. The van der Waals surface area contributed by atoms with Gasteiger partial charge in [-0.15, -0.1) is 0 Å². The summed E-state index contributed by atoms with van der Waals surface area (Å²) in [4.78, 5) is 11.9. The number of rotatable bonds is 1. The Bertz CT molecular complexity index is 531. The van der Waals surface area contributed by atoms with Crippen LogP contribution < -0.4 is 0 Å². The van der Waals surface area contributed by atoms with E-state index in [1.54, 1.807) is 25.1 Å². The lowest BCUT2D eigenvalue weighted by Gasteiger charge is -2.05. The summed E-state index contributed by atoms with van der Waals surface area (Å²) in [6, 6.07) is 5.00. The molecule has 2 rings (SSSR count). The van der Waals surface area contributed by atoms with Gasteiger partial charge in [-0.05, 0) is 24.6 Å². The average molecular weight is 207 g/mol. The quantitative estimate of drug-likeness (QED) is 0.672. The number of esters is 1. The lowest BCUT2D eigenvalue weighted by atomic mass is 10.1. The molecule has 0 aliphatic heterocycles. The third-order valence-corrected chi connectivity index (χ3v) is 2.47. The van der Waals surface area contributed by atoms with Crippen LogP contribution in [0.2, 0.25) is 0 Å². The topological polar surface area (TPSA) is 31.2 Å². The first kappa shape index (κ1) is 9.71. The Morgan fingerprint density at radius 3 is 2.80 bits per heavy atom. The summed E-state index contributed by atoms with van der Waals surface area (Å²) in [5, 5.41) is 0.766. The molecule has 0 N–H and O–H groups in total. The van der Waals surface area contributed by atoms with Crippen LogP contribution in [0.5, 0.6) is 0 Å². The Labute approximate surface area is 86.0 Å². The minimum Gasteiger partial charge on any atom is -0.465 e. The summed E-state index contributed by atoms with van der Waals surface area (Å²) in [5.74, 6) is -0.449. The lowest BCUT2D eigenvalue weighted by Crippen LogP contribution is -2.04. The monoisotopic (exact) mass is 207 g/mol. The number of fused-ring (bicyclic) bond motifs is 1. The van der Waals surface area contributed by atoms with E-state index in [-0.39, 0.29) is 0 Å². The summed E-state index contributed by atoms with van der Waals surface area (Å²) >= 11 is 0. The molecule has 0 fully saturated rings. The number of hydrogen-bond acceptors (Lipinski definition) is 2. The minimum atomic E-state index is -0.449. The van der Waals surface area contributed by atoms with Crippen LogP contribution in [-0.4, -0.2) is 17.9 Å². The van der Waals surface area contributed by atoms with Gasteiger partial charge in [-0.2, -0.15) is 4.79 Å². The Morgan fingerprint density at radius 2 is 2.13 bits per heavy atom. The van der Waals surface area contributed by atoms with Gasteiger partial charge in [-0.3, -0.25) is 0 Å². The molecule has 0 bridgehead atoms. The van der Waals surface area contributed by atoms with Crippen molar-refractivity contribution < 1.29 is 14.0 Å². The van der Waals surface area contributed by atoms with Crippen LogP contribution >= 0.6 is 0 Å². The zero-order valence-electron chi connectivity index (χ0n) is 8.45. The van der Waals surface area contributed by atoms with E-state index in [0.29, 0.717) is 21.4 Å². The van der Waals surface area contributed by atoms with E-state index in [0.717, 1.165) is 5.39 Å². The van der Waals surface area contributed by atoms with Gasteiger partial charge in [0, 0.05) is 11.6 Å². The van der Waals surface area contributed by atoms with E-state index in [4.69, 9.17) is 0 Å². The molecule has 78 valence electrons. The number of halogens is 1. The van der Waals surface area contributed by atoms with Gasteiger partial charge in [0.15, 0.2) is 0 Å². The van der Waals surface area contributed by atoms with Gasteiger partial charge in [0.25, 0.3) is 0 Å². The van der Waals surface area contributed by atoms with Crippen LogP contribution in [0.3, 0.4) is 0 Å². The number of methoxy groups -OCH3 is 1. The number of nitrogens with zero attached hydrogens (tertiary/aromatic N) is 1. The maximum absolute atomic E-state index is 13.3. The average Bonchev–Trinajstić information content (AvgIpc) is 2.61. The van der Waals surface area contributed by atoms with Gasteiger partial charge in [0.1, 0.15) is 0 Å². The highest BCUT2D eigenvalue weighted by molar-refractivity contribution is 5.97. The number of benzene rings is 1. The Balaban J connectivity index is 2.74. The molecule has 0 amide bonds. The summed E-state index contributed by atoms with van der Waals surface area (Å²) in [5.41, 5.74) is 1.40. The van der Waals surface area contributed by atoms with Gasteiger partial charge in [0.05, 0.1) is 18.2 Å². The van der Waals surface area contributed by atoms with Crippen molar-refractivity contribution in [1.82, 2.24) is 4.79 Å². The third kappa shape index (κ3) is 1.38. The smallest absolute Gasteiger partial charge is 0.338 e. The molecule has 1 aromatic carbocycles. The lowest BCUT2D eigenvalue weighted by molar-refractivity contribution is 0.0600. The largest absolute Gasteiger partial charge is 0.465 e. The first-order chi connectivity index (χ1) is 7.15. The van der Waals surface area contributed by atoms with Crippen molar-refractivity contribution in [3.05, 3.63) is 35.5 Å². The second kappa shape index (κ2) is 3.38. The highest BCUT2D eigenvalue weighted by Gasteiger charge is 2.13. The Morgan fingerprint density at radius 1 is 1.40 bits per heavy atom. The van der Waals surface area contributed by atoms with Crippen LogP contribution in [-0.2, 0) is 4.74 Å². The molecule has 1 heterocycles.